The van der Waals surface area contributed by atoms with Crippen LogP contribution in [0.2, 0.25) is 0 Å². The molecule has 0 radical (unpaired) electrons. The Labute approximate surface area is 67.9 Å². The van der Waals surface area contributed by atoms with Crippen LogP contribution in [-0.2, 0) is 0 Å². The number of hydrogen-bond donors (Lipinski definition) is 0. The average molecular weight is 240 g/mol. The summed E-state index contributed by atoms with van der Waals surface area (Å²) < 4.78 is 0.751. The van der Waals surface area contributed by atoms with Crippen molar-refractivity contribution in [3.05, 3.63) is 4.91 Å². The average Bonchev–Trinajstić information content (AvgIpc) is 1.90. The lowest BCUT2D eigenvalue weighted by Crippen LogP contribution is -2.29. The second-order valence-corrected chi connectivity index (χ2v) is 3.97. The Hall–Kier alpha value is 0.130. The lowest BCUT2D eigenvalue weighted by Gasteiger charge is -2.23. The maximum atomic E-state index is 9.94. The summed E-state index contributed by atoms with van der Waals surface area (Å²) in [5.74, 6) is 0. The molecule has 9 heavy (non-hydrogen) atoms. The third-order valence-corrected chi connectivity index (χ3v) is 2.76. The van der Waals surface area contributed by atoms with E-state index in [1.165, 1.54) is 0 Å². The molecule has 1 fully saturated rings. The molecule has 0 aromatic heterocycles. The molecular weight excluding hydrogens is 231 g/mol. The van der Waals surface area contributed by atoms with Gasteiger partial charge in [0, 0.05) is 17.0 Å². The largest absolute Gasteiger partial charge is 0.261 e. The fraction of sp³-hybridized carbons (Fsp3) is 1.00. The monoisotopic (exact) mass is 240 g/mol. The molecule has 52 valence electrons. The normalized spacial score (nSPS) is 22.1. The first-order valence-electron chi connectivity index (χ1n) is 3.05. The third-order valence-electron chi connectivity index (χ3n) is 1.52. The van der Waals surface area contributed by atoms with Crippen LogP contribution >= 0.6 is 22.6 Å². The van der Waals surface area contributed by atoms with Crippen LogP contribution in [0.15, 0.2) is 5.29 Å². The summed E-state index contributed by atoms with van der Waals surface area (Å²) in [5.41, 5.74) is 0. The summed E-state index contributed by atoms with van der Waals surface area (Å²) in [4.78, 5) is 9.94. The predicted molar refractivity (Wildman–Crippen MR) is 44.4 cm³/mol. The van der Waals surface area contributed by atoms with Crippen molar-refractivity contribution in [2.24, 2.45) is 5.29 Å². The van der Waals surface area contributed by atoms with E-state index in [1.54, 1.807) is 5.01 Å². The fourth-order valence-electron chi connectivity index (χ4n) is 0.916. The number of piperidine rings is 1. The summed E-state index contributed by atoms with van der Waals surface area (Å²) in [6, 6.07) is 0. The van der Waals surface area contributed by atoms with Crippen LogP contribution in [0, 0.1) is 4.91 Å². The van der Waals surface area contributed by atoms with Crippen LogP contribution in [0.25, 0.3) is 0 Å². The SMILES string of the molecule is O=NN1CCC(I)CC1. The molecule has 3 nitrogen and oxygen atoms in total. The molecule has 0 aliphatic carbocycles. The van der Waals surface area contributed by atoms with Gasteiger partial charge in [-0.2, -0.15) is 0 Å². The van der Waals surface area contributed by atoms with E-state index < -0.39 is 0 Å². The minimum Gasteiger partial charge on any atom is -0.261 e. The Morgan fingerprint density at radius 2 is 2.00 bits per heavy atom. The van der Waals surface area contributed by atoms with Gasteiger partial charge in [-0.25, -0.2) is 0 Å². The van der Waals surface area contributed by atoms with Crippen molar-refractivity contribution in [3.8, 4) is 0 Å². The molecule has 0 aromatic rings. The van der Waals surface area contributed by atoms with E-state index in [4.69, 9.17) is 0 Å². The lowest BCUT2D eigenvalue weighted by molar-refractivity contribution is 0.243. The van der Waals surface area contributed by atoms with Crippen LogP contribution in [0.1, 0.15) is 12.8 Å². The van der Waals surface area contributed by atoms with Crippen molar-refractivity contribution in [2.75, 3.05) is 13.1 Å². The zero-order valence-electron chi connectivity index (χ0n) is 5.09. The van der Waals surface area contributed by atoms with E-state index in [2.05, 4.69) is 27.9 Å². The summed E-state index contributed by atoms with van der Waals surface area (Å²) in [6.07, 6.45) is 2.21. The molecule has 0 aromatic carbocycles. The van der Waals surface area contributed by atoms with Crippen LogP contribution in [0.5, 0.6) is 0 Å². The summed E-state index contributed by atoms with van der Waals surface area (Å²) in [6.45, 7) is 1.69. The van der Waals surface area contributed by atoms with Gasteiger partial charge in [0.15, 0.2) is 0 Å². The van der Waals surface area contributed by atoms with Crippen LogP contribution < -0.4 is 0 Å². The van der Waals surface area contributed by atoms with Gasteiger partial charge >= 0.3 is 0 Å². The van der Waals surface area contributed by atoms with Gasteiger partial charge in [0.25, 0.3) is 0 Å². The van der Waals surface area contributed by atoms with E-state index in [0.29, 0.717) is 0 Å². The second kappa shape index (κ2) is 3.34. The van der Waals surface area contributed by atoms with Crippen molar-refractivity contribution in [2.45, 2.75) is 16.8 Å². The highest BCUT2D eigenvalue weighted by molar-refractivity contribution is 14.1. The summed E-state index contributed by atoms with van der Waals surface area (Å²) in [5, 5.41) is 4.45. The minimum absolute atomic E-state index is 0.751. The smallest absolute Gasteiger partial charge is 0.0523 e. The van der Waals surface area contributed by atoms with Gasteiger partial charge in [0.05, 0.1) is 5.29 Å². The van der Waals surface area contributed by atoms with Gasteiger partial charge in [-0.15, -0.1) is 4.91 Å². The van der Waals surface area contributed by atoms with Gasteiger partial charge in [0.1, 0.15) is 0 Å². The van der Waals surface area contributed by atoms with E-state index in [-0.39, 0.29) is 0 Å². The molecule has 0 bridgehead atoms. The van der Waals surface area contributed by atoms with Crippen molar-refractivity contribution in [3.63, 3.8) is 0 Å². The topological polar surface area (TPSA) is 32.7 Å². The standard InChI is InChI=1S/C5H9IN2O/c6-5-1-3-8(7-9)4-2-5/h5H,1-4H2. The molecule has 1 aliphatic heterocycles. The predicted octanol–water partition coefficient (Wildman–Crippen LogP) is 1.57. The summed E-state index contributed by atoms with van der Waals surface area (Å²) >= 11 is 2.41. The maximum Gasteiger partial charge on any atom is 0.0523 e. The molecule has 0 atom stereocenters. The molecular formula is C5H9IN2O. The first-order valence-corrected chi connectivity index (χ1v) is 4.30. The van der Waals surface area contributed by atoms with E-state index in [9.17, 15) is 4.91 Å². The number of hydrogen-bond acceptors (Lipinski definition) is 2. The maximum absolute atomic E-state index is 9.94. The Balaban J connectivity index is 2.26. The Bertz CT molecular complexity index is 101. The Kier molecular flexibility index (Phi) is 2.68. The first kappa shape index (κ1) is 7.24. The van der Waals surface area contributed by atoms with Crippen molar-refractivity contribution in [1.29, 1.82) is 0 Å². The molecule has 1 rings (SSSR count). The van der Waals surface area contributed by atoms with Crippen molar-refractivity contribution < 1.29 is 0 Å². The number of halogens is 1. The quantitative estimate of drug-likeness (QED) is 0.396. The van der Waals surface area contributed by atoms with Crippen molar-refractivity contribution >= 4 is 22.6 Å². The molecule has 0 N–H and O–H groups in total. The lowest BCUT2D eigenvalue weighted by atomic mass is 10.2. The van der Waals surface area contributed by atoms with Crippen LogP contribution in [0.3, 0.4) is 0 Å². The molecule has 1 aliphatic rings. The minimum atomic E-state index is 0.751. The molecule has 0 saturated carbocycles. The number of nitrogens with zero attached hydrogens (tertiary/aromatic N) is 2. The zero-order valence-corrected chi connectivity index (χ0v) is 7.24. The first-order chi connectivity index (χ1) is 4.33. The molecule has 0 unspecified atom stereocenters. The fourth-order valence-corrected chi connectivity index (χ4v) is 1.47. The highest BCUT2D eigenvalue weighted by Crippen LogP contribution is 2.17. The van der Waals surface area contributed by atoms with E-state index in [1.807, 2.05) is 0 Å². The van der Waals surface area contributed by atoms with E-state index >= 15 is 0 Å². The third kappa shape index (κ3) is 2.08. The highest BCUT2D eigenvalue weighted by Gasteiger charge is 2.15. The Morgan fingerprint density at radius 1 is 1.44 bits per heavy atom. The van der Waals surface area contributed by atoms with Gasteiger partial charge in [0.2, 0.25) is 0 Å². The van der Waals surface area contributed by atoms with Gasteiger partial charge in [-0.05, 0) is 12.8 Å². The zero-order chi connectivity index (χ0) is 6.69. The number of nitroso groups, excluding NO2 is 1. The molecule has 1 saturated heterocycles. The summed E-state index contributed by atoms with van der Waals surface area (Å²) in [7, 11) is 0. The molecule has 0 spiro atoms. The number of alkyl halides is 1. The molecule has 1 heterocycles. The van der Waals surface area contributed by atoms with Crippen molar-refractivity contribution in [1.82, 2.24) is 5.01 Å². The molecule has 0 amide bonds. The van der Waals surface area contributed by atoms with Gasteiger partial charge in [-0.3, -0.25) is 5.01 Å². The highest BCUT2D eigenvalue weighted by atomic mass is 127. The van der Waals surface area contributed by atoms with E-state index in [0.717, 1.165) is 29.9 Å². The van der Waals surface area contributed by atoms with Crippen LogP contribution in [-0.4, -0.2) is 22.0 Å². The van der Waals surface area contributed by atoms with Gasteiger partial charge in [-0.1, -0.05) is 22.6 Å². The van der Waals surface area contributed by atoms with Crippen LogP contribution in [0.4, 0.5) is 0 Å². The van der Waals surface area contributed by atoms with Gasteiger partial charge < -0.3 is 0 Å². The molecule has 4 heteroatoms. The number of rotatable bonds is 1. The Morgan fingerprint density at radius 3 is 2.44 bits per heavy atom. The second-order valence-electron chi connectivity index (χ2n) is 2.21.